The summed E-state index contributed by atoms with van der Waals surface area (Å²) in [4.78, 5) is 2.27. The van der Waals surface area contributed by atoms with Crippen LogP contribution >= 0.6 is 24.0 Å². The molecule has 23 heavy (non-hydrogen) atoms. The predicted octanol–water partition coefficient (Wildman–Crippen LogP) is 4.53. The van der Waals surface area contributed by atoms with Gasteiger partial charge in [0.1, 0.15) is 0 Å². The summed E-state index contributed by atoms with van der Waals surface area (Å²) < 4.78 is 39.0. The van der Waals surface area contributed by atoms with Crippen molar-refractivity contribution in [1.29, 1.82) is 0 Å². The summed E-state index contributed by atoms with van der Waals surface area (Å²) in [6.45, 7) is 3.45. The van der Waals surface area contributed by atoms with Gasteiger partial charge in [0.15, 0.2) is 0 Å². The number of piperazine rings is 1. The summed E-state index contributed by atoms with van der Waals surface area (Å²) in [5.74, 6) is 0.630. The largest absolute Gasteiger partial charge is 0.416 e. The maximum absolute atomic E-state index is 13.0. The minimum Gasteiger partial charge on any atom is -0.314 e. The Morgan fingerprint density at radius 3 is 2.43 bits per heavy atom. The number of hydrogen-bond acceptors (Lipinski definition) is 2. The van der Waals surface area contributed by atoms with Gasteiger partial charge in [0.25, 0.3) is 0 Å². The molecule has 1 aliphatic carbocycles. The van der Waals surface area contributed by atoms with Crippen LogP contribution in [0.2, 0.25) is 5.02 Å². The molecule has 3 rings (SSSR count). The molecule has 1 saturated heterocycles. The molecule has 0 unspecified atom stereocenters. The zero-order chi connectivity index (χ0) is 15.7. The second kappa shape index (κ2) is 7.60. The Hall–Kier alpha value is -0.490. The third kappa shape index (κ3) is 4.75. The van der Waals surface area contributed by atoms with Crippen LogP contribution in [0.15, 0.2) is 18.2 Å². The fourth-order valence-corrected chi connectivity index (χ4v) is 3.35. The molecule has 0 spiro atoms. The van der Waals surface area contributed by atoms with Crippen LogP contribution in [0.4, 0.5) is 13.2 Å². The Bertz CT molecular complexity index is 527. The van der Waals surface area contributed by atoms with E-state index in [1.807, 2.05) is 0 Å². The van der Waals surface area contributed by atoms with Crippen LogP contribution in [0.5, 0.6) is 0 Å². The van der Waals surface area contributed by atoms with Crippen molar-refractivity contribution >= 4 is 24.0 Å². The lowest BCUT2D eigenvalue weighted by molar-refractivity contribution is -0.137. The van der Waals surface area contributed by atoms with Gasteiger partial charge in [-0.25, -0.2) is 0 Å². The molecular formula is C16H21Cl2F3N2. The Morgan fingerprint density at radius 1 is 1.22 bits per heavy atom. The van der Waals surface area contributed by atoms with E-state index in [4.69, 9.17) is 11.6 Å². The third-order valence-electron chi connectivity index (χ3n) is 4.53. The number of nitrogens with one attached hydrogen (secondary N) is 1. The second-order valence-corrected chi connectivity index (χ2v) is 6.62. The SMILES string of the molecule is Cl.FC(F)(F)c1ccc(Cl)c([C@H](CC2CC2)N2CCNCC2)c1. The first kappa shape index (κ1) is 18.8. The van der Waals surface area contributed by atoms with Crippen molar-refractivity contribution in [2.24, 2.45) is 5.92 Å². The molecule has 2 nitrogen and oxygen atoms in total. The Labute approximate surface area is 145 Å². The van der Waals surface area contributed by atoms with Crippen molar-refractivity contribution in [3.05, 3.63) is 34.3 Å². The van der Waals surface area contributed by atoms with Crippen molar-refractivity contribution in [1.82, 2.24) is 10.2 Å². The highest BCUT2D eigenvalue weighted by atomic mass is 35.5. The van der Waals surface area contributed by atoms with Gasteiger partial charge in [0, 0.05) is 37.2 Å². The van der Waals surface area contributed by atoms with E-state index in [1.54, 1.807) is 0 Å². The van der Waals surface area contributed by atoms with E-state index >= 15 is 0 Å². The smallest absolute Gasteiger partial charge is 0.314 e. The normalized spacial score (nSPS) is 20.9. The number of benzene rings is 1. The van der Waals surface area contributed by atoms with Gasteiger partial charge in [-0.1, -0.05) is 24.4 Å². The molecule has 0 amide bonds. The molecule has 1 heterocycles. The van der Waals surface area contributed by atoms with Crippen LogP contribution in [-0.2, 0) is 6.18 Å². The first-order valence-electron chi connectivity index (χ1n) is 7.76. The predicted molar refractivity (Wildman–Crippen MR) is 88.2 cm³/mol. The van der Waals surface area contributed by atoms with Crippen LogP contribution in [0.3, 0.4) is 0 Å². The monoisotopic (exact) mass is 368 g/mol. The van der Waals surface area contributed by atoms with Crippen LogP contribution in [0.25, 0.3) is 0 Å². The number of hydrogen-bond donors (Lipinski definition) is 1. The summed E-state index contributed by atoms with van der Waals surface area (Å²) in [7, 11) is 0. The molecular weight excluding hydrogens is 348 g/mol. The van der Waals surface area contributed by atoms with Crippen LogP contribution in [0, 0.1) is 5.92 Å². The molecule has 2 aliphatic rings. The molecule has 1 N–H and O–H groups in total. The number of alkyl halides is 3. The van der Waals surface area contributed by atoms with E-state index in [2.05, 4.69) is 10.2 Å². The van der Waals surface area contributed by atoms with Gasteiger partial charge >= 0.3 is 6.18 Å². The van der Waals surface area contributed by atoms with Crippen LogP contribution in [0.1, 0.15) is 36.4 Å². The fourth-order valence-electron chi connectivity index (χ4n) is 3.11. The molecule has 1 aromatic rings. The molecule has 1 aromatic carbocycles. The lowest BCUT2D eigenvalue weighted by Gasteiger charge is -2.36. The van der Waals surface area contributed by atoms with Crippen molar-refractivity contribution in [2.45, 2.75) is 31.5 Å². The fraction of sp³-hybridized carbons (Fsp3) is 0.625. The van der Waals surface area contributed by atoms with Crippen LogP contribution in [-0.4, -0.2) is 31.1 Å². The number of halogens is 5. The molecule has 7 heteroatoms. The highest BCUT2D eigenvalue weighted by Gasteiger charge is 2.35. The molecule has 0 radical (unpaired) electrons. The van der Waals surface area contributed by atoms with Crippen molar-refractivity contribution in [3.8, 4) is 0 Å². The lowest BCUT2D eigenvalue weighted by atomic mass is 9.96. The third-order valence-corrected chi connectivity index (χ3v) is 4.87. The minimum atomic E-state index is -4.33. The number of nitrogens with zero attached hydrogens (tertiary/aromatic N) is 1. The average molecular weight is 369 g/mol. The van der Waals surface area contributed by atoms with E-state index in [1.165, 1.54) is 25.0 Å². The molecule has 0 aromatic heterocycles. The van der Waals surface area contributed by atoms with Gasteiger partial charge < -0.3 is 5.32 Å². The zero-order valence-corrected chi connectivity index (χ0v) is 14.3. The Morgan fingerprint density at radius 2 is 1.87 bits per heavy atom. The molecule has 1 saturated carbocycles. The molecule has 1 aliphatic heterocycles. The van der Waals surface area contributed by atoms with Crippen molar-refractivity contribution in [3.63, 3.8) is 0 Å². The Kier molecular flexibility index (Phi) is 6.22. The van der Waals surface area contributed by atoms with E-state index in [9.17, 15) is 13.2 Å². The zero-order valence-electron chi connectivity index (χ0n) is 12.7. The molecule has 130 valence electrons. The van der Waals surface area contributed by atoms with E-state index in [0.717, 1.165) is 38.7 Å². The summed E-state index contributed by atoms with van der Waals surface area (Å²) in [5, 5.41) is 3.73. The lowest BCUT2D eigenvalue weighted by Crippen LogP contribution is -2.45. The first-order valence-corrected chi connectivity index (χ1v) is 8.14. The number of rotatable bonds is 4. The van der Waals surface area contributed by atoms with Gasteiger partial charge in [-0.2, -0.15) is 13.2 Å². The van der Waals surface area contributed by atoms with E-state index < -0.39 is 11.7 Å². The topological polar surface area (TPSA) is 15.3 Å². The maximum Gasteiger partial charge on any atom is 0.416 e. The summed E-state index contributed by atoms with van der Waals surface area (Å²) in [5.41, 5.74) is 0.0214. The van der Waals surface area contributed by atoms with Gasteiger partial charge in [0.05, 0.1) is 5.56 Å². The van der Waals surface area contributed by atoms with E-state index in [0.29, 0.717) is 16.5 Å². The molecule has 1 atom stereocenters. The van der Waals surface area contributed by atoms with Gasteiger partial charge in [-0.15, -0.1) is 12.4 Å². The molecule has 2 fully saturated rings. The van der Waals surface area contributed by atoms with Crippen LogP contribution < -0.4 is 5.32 Å². The van der Waals surface area contributed by atoms with Gasteiger partial charge in [0.2, 0.25) is 0 Å². The first-order chi connectivity index (χ1) is 10.4. The van der Waals surface area contributed by atoms with Gasteiger partial charge in [-0.3, -0.25) is 4.90 Å². The standard InChI is InChI=1S/C16H20ClF3N2.ClH/c17-14-4-3-12(16(18,19)20)10-13(14)15(9-11-1-2-11)22-7-5-21-6-8-22;/h3-4,10-11,15,21H,1-2,5-9H2;1H/t15-;/m0./s1. The Balaban J connectivity index is 0.00000192. The summed E-state index contributed by atoms with van der Waals surface area (Å²) in [6.07, 6.45) is -1.06. The quantitative estimate of drug-likeness (QED) is 0.839. The minimum absolute atomic E-state index is 0. The van der Waals surface area contributed by atoms with E-state index in [-0.39, 0.29) is 18.4 Å². The average Bonchev–Trinajstić information content (AvgIpc) is 3.29. The van der Waals surface area contributed by atoms with Gasteiger partial charge in [-0.05, 0) is 36.1 Å². The highest BCUT2D eigenvalue weighted by molar-refractivity contribution is 6.31. The molecule has 0 bridgehead atoms. The maximum atomic E-state index is 13.0. The highest BCUT2D eigenvalue weighted by Crippen LogP contribution is 2.43. The van der Waals surface area contributed by atoms with Crippen molar-refractivity contribution in [2.75, 3.05) is 26.2 Å². The summed E-state index contributed by atoms with van der Waals surface area (Å²) in [6, 6.07) is 3.70. The van der Waals surface area contributed by atoms with Crippen molar-refractivity contribution < 1.29 is 13.2 Å². The summed E-state index contributed by atoms with van der Waals surface area (Å²) >= 11 is 6.25. The second-order valence-electron chi connectivity index (χ2n) is 6.21.